The van der Waals surface area contributed by atoms with Gasteiger partial charge >= 0.3 is 6.18 Å². The molecule has 0 saturated carbocycles. The van der Waals surface area contributed by atoms with Gasteiger partial charge in [-0.15, -0.1) is 0 Å². The van der Waals surface area contributed by atoms with Crippen molar-refractivity contribution in [2.45, 2.75) is 32.2 Å². The lowest BCUT2D eigenvalue weighted by Crippen LogP contribution is -2.45. The van der Waals surface area contributed by atoms with Crippen LogP contribution >= 0.6 is 0 Å². The van der Waals surface area contributed by atoms with Crippen molar-refractivity contribution in [2.24, 2.45) is 5.92 Å². The zero-order chi connectivity index (χ0) is 23.0. The Kier molecular flexibility index (Phi) is 8.28. The molecular formula is C22H23F3N2O4. The van der Waals surface area contributed by atoms with Crippen LogP contribution in [0.5, 0.6) is 11.5 Å². The number of nitriles is 1. The fourth-order valence-electron chi connectivity index (χ4n) is 2.62. The summed E-state index contributed by atoms with van der Waals surface area (Å²) in [6.45, 7) is 3.04. The second kappa shape index (κ2) is 10.7. The Morgan fingerprint density at radius 1 is 1.19 bits per heavy atom. The molecule has 0 aliphatic rings. The maximum absolute atomic E-state index is 12.7. The molecule has 2 N–H and O–H groups in total. The maximum Gasteiger partial charge on any atom is 0.416 e. The van der Waals surface area contributed by atoms with E-state index in [1.54, 1.807) is 38.1 Å². The quantitative estimate of drug-likeness (QED) is 0.628. The largest absolute Gasteiger partial charge is 0.491 e. The highest BCUT2D eigenvalue weighted by Gasteiger charge is 2.30. The summed E-state index contributed by atoms with van der Waals surface area (Å²) >= 11 is 0. The molecule has 2 aromatic carbocycles. The van der Waals surface area contributed by atoms with Crippen LogP contribution in [-0.4, -0.2) is 36.4 Å². The van der Waals surface area contributed by atoms with E-state index in [0.29, 0.717) is 0 Å². The summed E-state index contributed by atoms with van der Waals surface area (Å²) in [7, 11) is 0. The van der Waals surface area contributed by atoms with E-state index in [4.69, 9.17) is 14.7 Å². The van der Waals surface area contributed by atoms with Crippen molar-refractivity contribution in [1.82, 2.24) is 5.32 Å². The van der Waals surface area contributed by atoms with Gasteiger partial charge in [0, 0.05) is 6.54 Å². The molecule has 166 valence electrons. The molecule has 2 rings (SSSR count). The number of halogens is 3. The summed E-state index contributed by atoms with van der Waals surface area (Å²) in [6, 6.07) is 12.8. The van der Waals surface area contributed by atoms with Crippen molar-refractivity contribution in [2.75, 3.05) is 13.2 Å². The third kappa shape index (κ3) is 7.19. The number of carbonyl (C=O) groups is 1. The third-order valence-electron chi connectivity index (χ3n) is 4.24. The first kappa shape index (κ1) is 24.0. The molecule has 0 bridgehead atoms. The Hall–Kier alpha value is -3.25. The fourth-order valence-corrected chi connectivity index (χ4v) is 2.62. The number of rotatable bonds is 9. The average molecular weight is 436 g/mol. The summed E-state index contributed by atoms with van der Waals surface area (Å²) in [5, 5.41) is 21.7. The second-order valence-electron chi connectivity index (χ2n) is 7.13. The predicted octanol–water partition coefficient (Wildman–Crippen LogP) is 3.54. The number of benzene rings is 2. The number of hydrogen-bond acceptors (Lipinski definition) is 5. The van der Waals surface area contributed by atoms with Crippen LogP contribution in [0.25, 0.3) is 0 Å². The topological polar surface area (TPSA) is 91.6 Å². The van der Waals surface area contributed by atoms with Crippen LogP contribution in [0.2, 0.25) is 0 Å². The van der Waals surface area contributed by atoms with Gasteiger partial charge in [0.2, 0.25) is 0 Å². The number of amides is 1. The lowest BCUT2D eigenvalue weighted by Gasteiger charge is -2.23. The van der Waals surface area contributed by atoms with Crippen LogP contribution in [0, 0.1) is 17.2 Å². The van der Waals surface area contributed by atoms with Crippen molar-refractivity contribution >= 4 is 5.91 Å². The zero-order valence-electron chi connectivity index (χ0n) is 17.0. The number of hydrogen-bond donors (Lipinski definition) is 2. The Morgan fingerprint density at radius 2 is 1.90 bits per heavy atom. The highest BCUT2D eigenvalue weighted by Crippen LogP contribution is 2.31. The molecule has 2 unspecified atom stereocenters. The molecule has 0 aliphatic heterocycles. The summed E-state index contributed by atoms with van der Waals surface area (Å²) in [4.78, 5) is 12.5. The lowest BCUT2D eigenvalue weighted by molar-refractivity contribution is -0.137. The SMILES string of the molecule is CC(C)C(Oc1ccccc1C#N)C(=O)NCC(O)COc1cccc(C(F)(F)F)c1. The fraction of sp³-hybridized carbons (Fsp3) is 0.364. The molecular weight excluding hydrogens is 413 g/mol. The summed E-state index contributed by atoms with van der Waals surface area (Å²) < 4.78 is 49.1. The number of alkyl halides is 3. The van der Waals surface area contributed by atoms with E-state index in [0.717, 1.165) is 12.1 Å². The van der Waals surface area contributed by atoms with Crippen LogP contribution in [-0.2, 0) is 11.0 Å². The standard InChI is InChI=1S/C22H23F3N2O4/c1-14(2)20(31-19-9-4-3-6-15(19)11-26)21(29)27-12-17(28)13-30-18-8-5-7-16(10-18)22(23,24)25/h3-10,14,17,20,28H,12-13H2,1-2H3,(H,27,29). The molecule has 9 heteroatoms. The van der Waals surface area contributed by atoms with E-state index < -0.39 is 29.9 Å². The van der Waals surface area contributed by atoms with Gasteiger partial charge in [0.1, 0.15) is 30.3 Å². The van der Waals surface area contributed by atoms with Gasteiger partial charge in [-0.05, 0) is 36.2 Å². The van der Waals surface area contributed by atoms with Gasteiger partial charge in [0.15, 0.2) is 6.10 Å². The number of aliphatic hydroxyl groups is 1. The van der Waals surface area contributed by atoms with Crippen molar-refractivity contribution in [3.8, 4) is 17.6 Å². The Balaban J connectivity index is 1.90. The van der Waals surface area contributed by atoms with E-state index >= 15 is 0 Å². The van der Waals surface area contributed by atoms with E-state index in [2.05, 4.69) is 5.32 Å². The van der Waals surface area contributed by atoms with Crippen LogP contribution in [0.3, 0.4) is 0 Å². The average Bonchev–Trinajstić information content (AvgIpc) is 2.74. The minimum Gasteiger partial charge on any atom is -0.491 e. The van der Waals surface area contributed by atoms with E-state index in [-0.39, 0.29) is 36.1 Å². The number of nitrogens with one attached hydrogen (secondary N) is 1. The van der Waals surface area contributed by atoms with Gasteiger partial charge < -0.3 is 19.9 Å². The van der Waals surface area contributed by atoms with Gasteiger partial charge in [0.05, 0.1) is 11.1 Å². The Morgan fingerprint density at radius 3 is 2.55 bits per heavy atom. The van der Waals surface area contributed by atoms with Crippen LogP contribution in [0.1, 0.15) is 25.0 Å². The number of para-hydroxylation sites is 1. The molecule has 31 heavy (non-hydrogen) atoms. The number of nitrogens with zero attached hydrogens (tertiary/aromatic N) is 1. The smallest absolute Gasteiger partial charge is 0.416 e. The predicted molar refractivity (Wildman–Crippen MR) is 106 cm³/mol. The number of ether oxygens (including phenoxy) is 2. The number of carbonyl (C=O) groups excluding carboxylic acids is 1. The van der Waals surface area contributed by atoms with Gasteiger partial charge in [-0.3, -0.25) is 4.79 Å². The molecule has 0 aliphatic carbocycles. The van der Waals surface area contributed by atoms with Crippen LogP contribution < -0.4 is 14.8 Å². The lowest BCUT2D eigenvalue weighted by atomic mass is 10.1. The molecule has 1 amide bonds. The molecule has 0 fully saturated rings. The molecule has 0 spiro atoms. The molecule has 2 atom stereocenters. The molecule has 0 saturated heterocycles. The summed E-state index contributed by atoms with van der Waals surface area (Å²) in [5.74, 6) is -0.505. The molecule has 0 aromatic heterocycles. The number of aliphatic hydroxyl groups excluding tert-OH is 1. The van der Waals surface area contributed by atoms with Crippen molar-refractivity contribution < 1.29 is 32.5 Å². The summed E-state index contributed by atoms with van der Waals surface area (Å²) in [5.41, 5.74) is -0.571. The first-order valence-electron chi connectivity index (χ1n) is 9.53. The Labute approximate surface area is 178 Å². The maximum atomic E-state index is 12.7. The second-order valence-corrected chi connectivity index (χ2v) is 7.13. The minimum absolute atomic E-state index is 0.0447. The van der Waals surface area contributed by atoms with Gasteiger partial charge in [-0.1, -0.05) is 32.0 Å². The van der Waals surface area contributed by atoms with Gasteiger partial charge in [-0.25, -0.2) is 0 Å². The van der Waals surface area contributed by atoms with Crippen LogP contribution in [0.4, 0.5) is 13.2 Å². The van der Waals surface area contributed by atoms with E-state index in [9.17, 15) is 23.1 Å². The highest BCUT2D eigenvalue weighted by atomic mass is 19.4. The molecule has 0 radical (unpaired) electrons. The normalized spacial score (nSPS) is 13.2. The van der Waals surface area contributed by atoms with Gasteiger partial charge in [0.25, 0.3) is 5.91 Å². The Bertz CT molecular complexity index is 925. The molecule has 6 nitrogen and oxygen atoms in total. The molecule has 2 aromatic rings. The summed E-state index contributed by atoms with van der Waals surface area (Å²) in [6.07, 6.45) is -6.56. The minimum atomic E-state index is -4.50. The van der Waals surface area contributed by atoms with E-state index in [1.807, 2.05) is 6.07 Å². The first-order valence-corrected chi connectivity index (χ1v) is 9.53. The van der Waals surface area contributed by atoms with Crippen molar-refractivity contribution in [1.29, 1.82) is 5.26 Å². The van der Waals surface area contributed by atoms with E-state index in [1.165, 1.54) is 12.1 Å². The monoisotopic (exact) mass is 436 g/mol. The van der Waals surface area contributed by atoms with Gasteiger partial charge in [-0.2, -0.15) is 18.4 Å². The highest BCUT2D eigenvalue weighted by molar-refractivity contribution is 5.81. The van der Waals surface area contributed by atoms with Crippen LogP contribution in [0.15, 0.2) is 48.5 Å². The molecule has 0 heterocycles. The third-order valence-corrected chi connectivity index (χ3v) is 4.24. The van der Waals surface area contributed by atoms with Crippen molar-refractivity contribution in [3.05, 3.63) is 59.7 Å². The first-order chi connectivity index (χ1) is 14.6. The van der Waals surface area contributed by atoms with Crippen molar-refractivity contribution in [3.63, 3.8) is 0 Å². The zero-order valence-corrected chi connectivity index (χ0v) is 17.0.